The summed E-state index contributed by atoms with van der Waals surface area (Å²) in [6, 6.07) is 0. The highest BCUT2D eigenvalue weighted by molar-refractivity contribution is 4.82. The van der Waals surface area contributed by atoms with E-state index in [0.717, 1.165) is 38.5 Å². The molecular weight excluding hydrogens is 322 g/mol. The van der Waals surface area contributed by atoms with Gasteiger partial charge < -0.3 is 10.2 Å². The smallest absolute Gasteiger partial charge is 0.117 e. The lowest BCUT2D eigenvalue weighted by molar-refractivity contribution is -0.0441. The van der Waals surface area contributed by atoms with E-state index in [1.165, 1.54) is 89.9 Å². The summed E-state index contributed by atoms with van der Waals surface area (Å²) < 4.78 is 0. The minimum atomic E-state index is -0.797. The highest BCUT2D eigenvalue weighted by Crippen LogP contribution is 2.27. The van der Waals surface area contributed by atoms with Crippen LogP contribution in [0.4, 0.5) is 0 Å². The maximum Gasteiger partial charge on any atom is 0.117 e. The number of aliphatic hydroxyl groups is 2. The highest BCUT2D eigenvalue weighted by Gasteiger charge is 2.32. The molecule has 0 radical (unpaired) electrons. The molecule has 0 spiro atoms. The Bertz CT molecular complexity index is 303. The van der Waals surface area contributed by atoms with Gasteiger partial charge in [0.15, 0.2) is 0 Å². The summed E-state index contributed by atoms with van der Waals surface area (Å²) >= 11 is 0. The molecule has 0 aromatic heterocycles. The summed E-state index contributed by atoms with van der Waals surface area (Å²) in [6.45, 7) is 2.28. The minimum absolute atomic E-state index is 0.542. The topological polar surface area (TPSA) is 52.5 Å². The Labute approximate surface area is 163 Å². The first-order valence-corrected chi connectivity index (χ1v) is 11.8. The van der Waals surface area contributed by atoms with E-state index in [2.05, 4.69) is 12.2 Å². The van der Waals surface area contributed by atoms with Crippen LogP contribution in [0.1, 0.15) is 135 Å². The fourth-order valence-electron chi connectivity index (χ4n) is 4.20. The summed E-state index contributed by atoms with van der Waals surface area (Å²) in [5.41, 5.74) is -0.797. The Morgan fingerprint density at radius 1 is 0.692 bits per heavy atom. The number of unbranched alkanes of at least 4 members (excludes halogenated alkanes) is 14. The van der Waals surface area contributed by atoms with Gasteiger partial charge in [0.05, 0.1) is 0 Å². The van der Waals surface area contributed by atoms with Gasteiger partial charge >= 0.3 is 0 Å². The van der Waals surface area contributed by atoms with Crippen molar-refractivity contribution in [3.63, 3.8) is 0 Å². The van der Waals surface area contributed by atoms with Gasteiger partial charge in [0.1, 0.15) is 12.0 Å². The molecule has 1 aliphatic rings. The summed E-state index contributed by atoms with van der Waals surface area (Å²) in [6.07, 6.45) is 24.4. The highest BCUT2D eigenvalue weighted by atomic mass is 16.3. The molecule has 0 aliphatic heterocycles. The van der Waals surface area contributed by atoms with Crippen LogP contribution in [0.25, 0.3) is 0 Å². The van der Waals surface area contributed by atoms with Crippen molar-refractivity contribution < 1.29 is 10.2 Å². The van der Waals surface area contributed by atoms with Crippen LogP contribution in [0.2, 0.25) is 0 Å². The maximum absolute atomic E-state index is 10.2. The van der Waals surface area contributed by atoms with Crippen LogP contribution >= 0.6 is 0 Å². The molecular formula is C23H47NO2. The summed E-state index contributed by atoms with van der Waals surface area (Å²) in [4.78, 5) is 0. The van der Waals surface area contributed by atoms with Gasteiger partial charge in [0, 0.05) is 0 Å². The normalized spacial score (nSPS) is 17.7. The van der Waals surface area contributed by atoms with E-state index in [-0.39, 0.29) is 0 Å². The zero-order chi connectivity index (χ0) is 18.9. The molecule has 0 heterocycles. The van der Waals surface area contributed by atoms with E-state index in [0.29, 0.717) is 0 Å². The molecule has 3 nitrogen and oxygen atoms in total. The molecule has 1 fully saturated rings. The van der Waals surface area contributed by atoms with Gasteiger partial charge in [0.2, 0.25) is 0 Å². The van der Waals surface area contributed by atoms with Crippen LogP contribution in [0.3, 0.4) is 0 Å². The average Bonchev–Trinajstić information content (AvgIpc) is 3.04. The number of nitrogens with one attached hydrogen (secondary N) is 1. The van der Waals surface area contributed by atoms with E-state index < -0.39 is 12.0 Å². The molecule has 0 amide bonds. The average molecular weight is 370 g/mol. The van der Waals surface area contributed by atoms with Gasteiger partial charge in [-0.3, -0.25) is 5.32 Å². The summed E-state index contributed by atoms with van der Waals surface area (Å²) in [7, 11) is 0. The van der Waals surface area contributed by atoms with E-state index in [4.69, 9.17) is 0 Å². The second-order valence-electron chi connectivity index (χ2n) is 8.64. The van der Waals surface area contributed by atoms with Crippen LogP contribution in [0.15, 0.2) is 0 Å². The first kappa shape index (κ1) is 23.9. The number of aliphatic hydroxyl groups excluding tert-OH is 1. The monoisotopic (exact) mass is 369 g/mol. The lowest BCUT2D eigenvalue weighted by Crippen LogP contribution is -2.48. The van der Waals surface area contributed by atoms with Crippen molar-refractivity contribution in [3.8, 4) is 0 Å². The van der Waals surface area contributed by atoms with Crippen molar-refractivity contribution in [1.29, 1.82) is 0 Å². The van der Waals surface area contributed by atoms with Crippen molar-refractivity contribution in [1.82, 2.24) is 5.32 Å². The Hall–Kier alpha value is -0.120. The third-order valence-corrected chi connectivity index (χ3v) is 5.95. The Balaban J connectivity index is 1.75. The van der Waals surface area contributed by atoms with E-state index in [9.17, 15) is 10.2 Å². The third-order valence-electron chi connectivity index (χ3n) is 5.95. The lowest BCUT2D eigenvalue weighted by Gasteiger charge is -2.27. The van der Waals surface area contributed by atoms with Gasteiger partial charge in [-0.25, -0.2) is 0 Å². The van der Waals surface area contributed by atoms with Crippen LogP contribution < -0.4 is 5.32 Å². The number of hydrogen-bond donors (Lipinski definition) is 3. The van der Waals surface area contributed by atoms with Crippen molar-refractivity contribution >= 4 is 0 Å². The van der Waals surface area contributed by atoms with Crippen LogP contribution in [0, 0.1) is 0 Å². The number of rotatable bonds is 18. The van der Waals surface area contributed by atoms with Crippen molar-refractivity contribution in [2.45, 2.75) is 147 Å². The van der Waals surface area contributed by atoms with Crippen LogP contribution in [-0.2, 0) is 0 Å². The summed E-state index contributed by atoms with van der Waals surface area (Å²) in [5, 5.41) is 23.2. The molecule has 26 heavy (non-hydrogen) atoms. The van der Waals surface area contributed by atoms with Crippen molar-refractivity contribution in [2.75, 3.05) is 0 Å². The number of hydrogen-bond acceptors (Lipinski definition) is 3. The largest absolute Gasteiger partial charge is 0.379 e. The zero-order valence-electron chi connectivity index (χ0n) is 17.6. The first-order valence-electron chi connectivity index (χ1n) is 11.8. The molecule has 1 saturated carbocycles. The standard InChI is InChI=1S/C23H47NO2/c1-2-3-4-5-6-7-8-9-10-11-12-13-14-15-16-19-22(25)24-23(26)20-17-18-21-23/h22,24-26H,2-21H2,1H3. The SMILES string of the molecule is CCCCCCCCCCCCCCCCCC(O)NC1(O)CCCC1. The van der Waals surface area contributed by atoms with Crippen molar-refractivity contribution in [3.05, 3.63) is 0 Å². The molecule has 1 rings (SSSR count). The van der Waals surface area contributed by atoms with Crippen LogP contribution in [0.5, 0.6) is 0 Å². The zero-order valence-corrected chi connectivity index (χ0v) is 17.6. The molecule has 0 saturated heterocycles. The minimum Gasteiger partial charge on any atom is -0.379 e. The molecule has 3 heteroatoms. The van der Waals surface area contributed by atoms with Gasteiger partial charge in [0.25, 0.3) is 0 Å². The predicted molar refractivity (Wildman–Crippen MR) is 112 cm³/mol. The maximum atomic E-state index is 10.2. The Morgan fingerprint density at radius 3 is 1.50 bits per heavy atom. The fourth-order valence-corrected chi connectivity index (χ4v) is 4.20. The second-order valence-corrected chi connectivity index (χ2v) is 8.64. The quantitative estimate of drug-likeness (QED) is 0.193. The van der Waals surface area contributed by atoms with E-state index >= 15 is 0 Å². The van der Waals surface area contributed by atoms with E-state index in [1.807, 2.05) is 0 Å². The van der Waals surface area contributed by atoms with E-state index in [1.54, 1.807) is 0 Å². The molecule has 0 bridgehead atoms. The Kier molecular flexibility index (Phi) is 14.6. The fraction of sp³-hybridized carbons (Fsp3) is 1.00. The second kappa shape index (κ2) is 15.9. The molecule has 0 aromatic carbocycles. The van der Waals surface area contributed by atoms with Gasteiger partial charge in [-0.2, -0.15) is 0 Å². The van der Waals surface area contributed by atoms with Gasteiger partial charge in [-0.05, 0) is 38.5 Å². The Morgan fingerprint density at radius 2 is 1.08 bits per heavy atom. The molecule has 1 atom stereocenters. The van der Waals surface area contributed by atoms with Crippen LogP contribution in [-0.4, -0.2) is 22.2 Å². The molecule has 1 unspecified atom stereocenters. The molecule has 3 N–H and O–H groups in total. The lowest BCUT2D eigenvalue weighted by atomic mass is 10.0. The van der Waals surface area contributed by atoms with Crippen molar-refractivity contribution in [2.24, 2.45) is 0 Å². The molecule has 156 valence electrons. The summed E-state index contributed by atoms with van der Waals surface area (Å²) in [5.74, 6) is 0. The van der Waals surface area contributed by atoms with Gasteiger partial charge in [-0.1, -0.05) is 96.8 Å². The predicted octanol–water partition coefficient (Wildman–Crippen LogP) is 6.42. The third kappa shape index (κ3) is 13.1. The molecule has 1 aliphatic carbocycles. The van der Waals surface area contributed by atoms with Gasteiger partial charge in [-0.15, -0.1) is 0 Å². The first-order chi connectivity index (χ1) is 12.7. The molecule has 0 aromatic rings.